The van der Waals surface area contributed by atoms with Crippen LogP contribution >= 0.6 is 0 Å². The van der Waals surface area contributed by atoms with Crippen LogP contribution in [0.15, 0.2) is 59.6 Å². The topological polar surface area (TPSA) is 83.0 Å². The molecule has 174 valence electrons. The second-order valence-corrected chi connectivity index (χ2v) is 8.85. The molecule has 7 nitrogen and oxygen atoms in total. The Labute approximate surface area is 195 Å². The molecule has 0 unspecified atom stereocenters. The van der Waals surface area contributed by atoms with Crippen LogP contribution in [0, 0.1) is 0 Å². The number of carbonyl (C=O) groups excluding carboxylic acids is 2. The number of rotatable bonds is 6. The van der Waals surface area contributed by atoms with E-state index in [1.165, 1.54) is 5.69 Å². The molecular formula is C26H32N4O3. The van der Waals surface area contributed by atoms with Gasteiger partial charge in [-0.3, -0.25) is 9.79 Å². The molecule has 0 aliphatic carbocycles. The number of benzodiazepines with no additional fused rings is 1. The molecule has 1 heterocycles. The van der Waals surface area contributed by atoms with Gasteiger partial charge in [0.1, 0.15) is 5.60 Å². The van der Waals surface area contributed by atoms with Gasteiger partial charge in [-0.05, 0) is 50.6 Å². The number of likely N-dealkylation sites (N-methyl/N-ethyl adjacent to an activating group) is 1. The molecule has 33 heavy (non-hydrogen) atoms. The number of allylic oxidation sites excluding steroid dienone is 1. The van der Waals surface area contributed by atoms with E-state index in [0.29, 0.717) is 18.7 Å². The van der Waals surface area contributed by atoms with Crippen molar-refractivity contribution in [1.82, 2.24) is 10.6 Å². The maximum atomic E-state index is 12.3. The zero-order valence-corrected chi connectivity index (χ0v) is 19.7. The number of nitrogens with one attached hydrogen (secondary N) is 2. The fraction of sp³-hybridized carbons (Fsp3) is 0.346. The monoisotopic (exact) mass is 448 g/mol. The summed E-state index contributed by atoms with van der Waals surface area (Å²) < 4.78 is 5.16. The van der Waals surface area contributed by atoms with Gasteiger partial charge in [-0.15, -0.1) is 0 Å². The average molecular weight is 449 g/mol. The predicted molar refractivity (Wildman–Crippen MR) is 133 cm³/mol. The molecule has 0 atom stereocenters. The Hall–Kier alpha value is -3.61. The highest BCUT2D eigenvalue weighted by Gasteiger charge is 2.16. The predicted octanol–water partition coefficient (Wildman–Crippen LogP) is 3.89. The largest absolute Gasteiger partial charge is 0.444 e. The molecule has 2 aromatic carbocycles. The number of ether oxygens (including phenoxy) is 1. The SMILES string of the molecule is CN1CCN=C(/C=C/c2ccc(C(=O)NCCNC(=O)OC(C)(C)C)cc2)c2ccccc21. The summed E-state index contributed by atoms with van der Waals surface area (Å²) in [6, 6.07) is 15.6. The number of para-hydroxylation sites is 1. The van der Waals surface area contributed by atoms with Crippen molar-refractivity contribution >= 4 is 29.5 Å². The minimum absolute atomic E-state index is 0.193. The van der Waals surface area contributed by atoms with Crippen LogP contribution in [0.1, 0.15) is 42.3 Å². The summed E-state index contributed by atoms with van der Waals surface area (Å²) in [5.74, 6) is -0.193. The molecule has 1 aliphatic heterocycles. The lowest BCUT2D eigenvalue weighted by atomic mass is 10.0. The van der Waals surface area contributed by atoms with Crippen molar-refractivity contribution in [3.05, 3.63) is 71.3 Å². The van der Waals surface area contributed by atoms with E-state index in [9.17, 15) is 9.59 Å². The summed E-state index contributed by atoms with van der Waals surface area (Å²) in [5, 5.41) is 5.41. The van der Waals surface area contributed by atoms with Gasteiger partial charge in [0.2, 0.25) is 0 Å². The van der Waals surface area contributed by atoms with Gasteiger partial charge in [0.15, 0.2) is 0 Å². The Morgan fingerprint density at radius 2 is 1.73 bits per heavy atom. The van der Waals surface area contributed by atoms with Gasteiger partial charge < -0.3 is 20.3 Å². The molecule has 0 saturated carbocycles. The van der Waals surface area contributed by atoms with Crippen LogP contribution in [0.3, 0.4) is 0 Å². The fourth-order valence-corrected chi connectivity index (χ4v) is 3.37. The van der Waals surface area contributed by atoms with E-state index in [2.05, 4.69) is 34.7 Å². The molecule has 3 rings (SSSR count). The molecule has 2 N–H and O–H groups in total. The lowest BCUT2D eigenvalue weighted by Crippen LogP contribution is -2.37. The Morgan fingerprint density at radius 3 is 2.45 bits per heavy atom. The summed E-state index contributed by atoms with van der Waals surface area (Å²) >= 11 is 0. The van der Waals surface area contributed by atoms with E-state index in [1.54, 1.807) is 32.9 Å². The van der Waals surface area contributed by atoms with Gasteiger partial charge in [-0.1, -0.05) is 36.4 Å². The number of hydrogen-bond acceptors (Lipinski definition) is 5. The molecule has 0 bridgehead atoms. The van der Waals surface area contributed by atoms with Crippen molar-refractivity contribution in [2.45, 2.75) is 26.4 Å². The number of nitrogens with zero attached hydrogens (tertiary/aromatic N) is 2. The number of amides is 2. The first-order chi connectivity index (χ1) is 15.7. The molecule has 2 aromatic rings. The number of aliphatic imine (C=N–C) groups is 1. The first-order valence-electron chi connectivity index (χ1n) is 11.1. The summed E-state index contributed by atoms with van der Waals surface area (Å²) in [4.78, 5) is 30.9. The van der Waals surface area contributed by atoms with E-state index >= 15 is 0 Å². The summed E-state index contributed by atoms with van der Waals surface area (Å²) in [6.45, 7) is 7.63. The van der Waals surface area contributed by atoms with E-state index in [4.69, 9.17) is 9.73 Å². The lowest BCUT2D eigenvalue weighted by Gasteiger charge is -2.19. The van der Waals surface area contributed by atoms with Gasteiger partial charge in [-0.2, -0.15) is 0 Å². The number of hydrogen-bond donors (Lipinski definition) is 2. The lowest BCUT2D eigenvalue weighted by molar-refractivity contribution is 0.0526. The second-order valence-electron chi connectivity index (χ2n) is 8.85. The van der Waals surface area contributed by atoms with E-state index in [1.807, 2.05) is 36.4 Å². The van der Waals surface area contributed by atoms with Crippen molar-refractivity contribution in [2.24, 2.45) is 4.99 Å². The summed E-state index contributed by atoms with van der Waals surface area (Å²) in [6.07, 6.45) is 3.53. The standard InChI is InChI=1S/C26H32N4O3/c1-26(2,3)33-25(32)29-16-15-28-24(31)20-12-9-19(10-13-20)11-14-22-21-7-5-6-8-23(21)30(4)18-17-27-22/h5-14H,15-18H2,1-4H3,(H,28,31)(H,29,32)/b14-11+. The molecule has 0 radical (unpaired) electrons. The quantitative estimate of drug-likeness (QED) is 0.657. The zero-order chi connectivity index (χ0) is 23.8. The van der Waals surface area contributed by atoms with Crippen LogP contribution in [-0.2, 0) is 4.74 Å². The highest BCUT2D eigenvalue weighted by Crippen LogP contribution is 2.23. The number of fused-ring (bicyclic) bond motifs is 1. The Balaban J connectivity index is 1.53. The molecule has 0 spiro atoms. The molecule has 1 aliphatic rings. The maximum absolute atomic E-state index is 12.3. The zero-order valence-electron chi connectivity index (χ0n) is 19.7. The minimum atomic E-state index is -0.550. The van der Waals surface area contributed by atoms with Crippen molar-refractivity contribution in [3.8, 4) is 0 Å². The number of benzene rings is 2. The number of anilines is 1. The Morgan fingerprint density at radius 1 is 1.03 bits per heavy atom. The van der Waals surface area contributed by atoms with Crippen LogP contribution in [0.2, 0.25) is 0 Å². The molecule has 2 amide bonds. The van der Waals surface area contributed by atoms with E-state index < -0.39 is 11.7 Å². The third-order valence-electron chi connectivity index (χ3n) is 4.99. The normalized spacial score (nSPS) is 13.7. The number of carbonyl (C=O) groups is 2. The molecule has 0 aromatic heterocycles. The van der Waals surface area contributed by atoms with Crippen molar-refractivity contribution < 1.29 is 14.3 Å². The smallest absolute Gasteiger partial charge is 0.407 e. The van der Waals surface area contributed by atoms with Crippen molar-refractivity contribution in [2.75, 3.05) is 38.1 Å². The summed E-state index contributed by atoms with van der Waals surface area (Å²) in [5.41, 5.74) is 4.23. The van der Waals surface area contributed by atoms with Crippen LogP contribution in [0.25, 0.3) is 6.08 Å². The van der Waals surface area contributed by atoms with Crippen LogP contribution in [0.4, 0.5) is 10.5 Å². The first kappa shape index (κ1) is 24.0. The molecule has 0 saturated heterocycles. The van der Waals surface area contributed by atoms with Gasteiger partial charge in [0, 0.05) is 43.5 Å². The van der Waals surface area contributed by atoms with Crippen LogP contribution in [-0.4, -0.2) is 56.5 Å². The highest BCUT2D eigenvalue weighted by molar-refractivity contribution is 6.14. The van der Waals surface area contributed by atoms with Crippen LogP contribution in [0.5, 0.6) is 0 Å². The Bertz CT molecular complexity index is 1040. The Kier molecular flexibility index (Phi) is 7.87. The molecule has 0 fully saturated rings. The minimum Gasteiger partial charge on any atom is -0.444 e. The average Bonchev–Trinajstić information content (AvgIpc) is 2.93. The maximum Gasteiger partial charge on any atom is 0.407 e. The second kappa shape index (κ2) is 10.8. The van der Waals surface area contributed by atoms with Gasteiger partial charge >= 0.3 is 6.09 Å². The van der Waals surface area contributed by atoms with Gasteiger partial charge in [0.25, 0.3) is 5.91 Å². The van der Waals surface area contributed by atoms with Gasteiger partial charge in [0.05, 0.1) is 12.3 Å². The highest BCUT2D eigenvalue weighted by atomic mass is 16.6. The first-order valence-corrected chi connectivity index (χ1v) is 11.1. The van der Waals surface area contributed by atoms with Crippen molar-refractivity contribution in [3.63, 3.8) is 0 Å². The van der Waals surface area contributed by atoms with Crippen molar-refractivity contribution in [1.29, 1.82) is 0 Å². The third kappa shape index (κ3) is 7.20. The van der Waals surface area contributed by atoms with Crippen LogP contribution < -0.4 is 15.5 Å². The molecular weight excluding hydrogens is 416 g/mol. The van der Waals surface area contributed by atoms with E-state index in [0.717, 1.165) is 29.9 Å². The molecule has 7 heteroatoms. The number of alkyl carbamates (subject to hydrolysis) is 1. The third-order valence-corrected chi connectivity index (χ3v) is 4.99. The summed E-state index contributed by atoms with van der Waals surface area (Å²) in [7, 11) is 2.08. The fourth-order valence-electron chi connectivity index (χ4n) is 3.37. The van der Waals surface area contributed by atoms with E-state index in [-0.39, 0.29) is 5.91 Å². The van der Waals surface area contributed by atoms with Gasteiger partial charge in [-0.25, -0.2) is 4.79 Å².